The fourth-order valence-corrected chi connectivity index (χ4v) is 1.06. The molecule has 84 valence electrons. The van der Waals surface area contributed by atoms with Gasteiger partial charge in [-0.05, 0) is 7.05 Å². The quantitative estimate of drug-likeness (QED) is 0.396. The maximum Gasteiger partial charge on any atom is 0.401 e. The van der Waals surface area contributed by atoms with Crippen LogP contribution in [0.1, 0.15) is 6.92 Å². The Labute approximate surface area is 80.2 Å². The SMILES string of the molecule is CC(CN(C)CC(F)(F)F)C(=O)NN. The van der Waals surface area contributed by atoms with Crippen molar-refractivity contribution in [2.45, 2.75) is 13.1 Å². The van der Waals surface area contributed by atoms with Gasteiger partial charge in [-0.2, -0.15) is 13.2 Å². The summed E-state index contributed by atoms with van der Waals surface area (Å²) in [6.45, 7) is 0.493. The molecule has 0 aromatic heterocycles. The molecule has 0 rings (SSSR count). The molecule has 0 aliphatic carbocycles. The van der Waals surface area contributed by atoms with E-state index in [4.69, 9.17) is 5.84 Å². The summed E-state index contributed by atoms with van der Waals surface area (Å²) in [6, 6.07) is 0. The smallest absolute Gasteiger partial charge is 0.297 e. The number of halogens is 3. The number of carbonyl (C=O) groups excluding carboxylic acids is 1. The molecule has 0 saturated heterocycles. The second kappa shape index (κ2) is 5.16. The van der Waals surface area contributed by atoms with E-state index in [1.807, 2.05) is 5.43 Å². The zero-order chi connectivity index (χ0) is 11.4. The summed E-state index contributed by atoms with van der Waals surface area (Å²) in [5.74, 6) is 3.80. The average Bonchev–Trinajstić information content (AvgIpc) is 1.99. The molecule has 0 bridgehead atoms. The molecule has 3 N–H and O–H groups in total. The number of nitrogens with zero attached hydrogens (tertiary/aromatic N) is 1. The number of carbonyl (C=O) groups is 1. The number of nitrogens with two attached hydrogens (primary N) is 1. The first kappa shape index (κ1) is 13.2. The normalized spacial score (nSPS) is 14.2. The van der Waals surface area contributed by atoms with Gasteiger partial charge in [-0.3, -0.25) is 15.1 Å². The monoisotopic (exact) mass is 213 g/mol. The van der Waals surface area contributed by atoms with E-state index < -0.39 is 24.5 Å². The maximum absolute atomic E-state index is 11.9. The van der Waals surface area contributed by atoms with E-state index in [9.17, 15) is 18.0 Å². The predicted molar refractivity (Wildman–Crippen MR) is 45.0 cm³/mol. The Bertz CT molecular complexity index is 195. The Balaban J connectivity index is 3.94. The van der Waals surface area contributed by atoms with Crippen LogP contribution in [0.2, 0.25) is 0 Å². The third-order valence-corrected chi connectivity index (χ3v) is 1.62. The summed E-state index contributed by atoms with van der Waals surface area (Å²) >= 11 is 0. The van der Waals surface area contributed by atoms with Crippen LogP contribution in [-0.4, -0.2) is 37.1 Å². The van der Waals surface area contributed by atoms with Crippen molar-refractivity contribution < 1.29 is 18.0 Å². The largest absolute Gasteiger partial charge is 0.401 e. The summed E-state index contributed by atoms with van der Waals surface area (Å²) in [6.07, 6.45) is -4.24. The molecular formula is C7H14F3N3O. The summed E-state index contributed by atoms with van der Waals surface area (Å²) in [5.41, 5.74) is 1.89. The van der Waals surface area contributed by atoms with Gasteiger partial charge in [-0.15, -0.1) is 0 Å². The molecule has 14 heavy (non-hydrogen) atoms. The lowest BCUT2D eigenvalue weighted by molar-refractivity contribution is -0.146. The van der Waals surface area contributed by atoms with Crippen molar-refractivity contribution in [2.75, 3.05) is 20.1 Å². The predicted octanol–water partition coefficient (Wildman–Crippen LogP) is 0.107. The Kier molecular flexibility index (Phi) is 4.86. The molecule has 0 fully saturated rings. The molecule has 1 amide bonds. The van der Waals surface area contributed by atoms with Gasteiger partial charge >= 0.3 is 6.18 Å². The first-order valence-corrected chi connectivity index (χ1v) is 4.02. The summed E-state index contributed by atoms with van der Waals surface area (Å²) < 4.78 is 35.6. The second-order valence-corrected chi connectivity index (χ2v) is 3.22. The Morgan fingerprint density at radius 1 is 1.57 bits per heavy atom. The molecule has 0 saturated carbocycles. The van der Waals surface area contributed by atoms with Crippen LogP contribution < -0.4 is 11.3 Å². The highest BCUT2D eigenvalue weighted by molar-refractivity contribution is 5.77. The highest BCUT2D eigenvalue weighted by atomic mass is 19.4. The van der Waals surface area contributed by atoms with Crippen LogP contribution in [-0.2, 0) is 4.79 Å². The zero-order valence-corrected chi connectivity index (χ0v) is 8.06. The molecule has 0 spiro atoms. The molecule has 0 aromatic carbocycles. The van der Waals surface area contributed by atoms with Gasteiger partial charge < -0.3 is 0 Å². The number of nitrogens with one attached hydrogen (secondary N) is 1. The minimum absolute atomic E-state index is 0.0164. The molecule has 0 radical (unpaired) electrons. The van der Waals surface area contributed by atoms with Crippen LogP contribution in [0.4, 0.5) is 13.2 Å². The molecule has 0 aliphatic rings. The van der Waals surface area contributed by atoms with E-state index in [-0.39, 0.29) is 6.54 Å². The molecule has 1 unspecified atom stereocenters. The summed E-state index contributed by atoms with van der Waals surface area (Å²) in [5, 5.41) is 0. The van der Waals surface area contributed by atoms with Crippen LogP contribution in [0.3, 0.4) is 0 Å². The number of hydrogen-bond acceptors (Lipinski definition) is 3. The van der Waals surface area contributed by atoms with Crippen molar-refractivity contribution in [3.05, 3.63) is 0 Å². The Hall–Kier alpha value is -0.820. The van der Waals surface area contributed by atoms with Crippen LogP contribution in [0.5, 0.6) is 0 Å². The minimum Gasteiger partial charge on any atom is -0.297 e. The van der Waals surface area contributed by atoms with E-state index in [0.29, 0.717) is 0 Å². The van der Waals surface area contributed by atoms with Crippen LogP contribution in [0.15, 0.2) is 0 Å². The van der Waals surface area contributed by atoms with Gasteiger partial charge in [0.15, 0.2) is 0 Å². The molecular weight excluding hydrogens is 199 g/mol. The lowest BCUT2D eigenvalue weighted by Crippen LogP contribution is -2.41. The molecule has 1 atom stereocenters. The van der Waals surface area contributed by atoms with Crippen molar-refractivity contribution in [1.29, 1.82) is 0 Å². The number of amides is 1. The van der Waals surface area contributed by atoms with Crippen molar-refractivity contribution in [1.82, 2.24) is 10.3 Å². The van der Waals surface area contributed by atoms with Gasteiger partial charge in [0.05, 0.1) is 6.54 Å². The number of hydrazine groups is 1. The molecule has 0 aromatic rings. The van der Waals surface area contributed by atoms with E-state index >= 15 is 0 Å². The van der Waals surface area contributed by atoms with Crippen molar-refractivity contribution >= 4 is 5.91 Å². The van der Waals surface area contributed by atoms with Gasteiger partial charge in [-0.25, -0.2) is 5.84 Å². The third kappa shape index (κ3) is 5.76. The molecule has 0 aliphatic heterocycles. The number of alkyl halides is 3. The third-order valence-electron chi connectivity index (χ3n) is 1.62. The minimum atomic E-state index is -4.24. The second-order valence-electron chi connectivity index (χ2n) is 3.22. The Morgan fingerprint density at radius 3 is 2.43 bits per heavy atom. The highest BCUT2D eigenvalue weighted by Crippen LogP contribution is 2.16. The standard InChI is InChI=1S/C7H14F3N3O/c1-5(6(14)12-11)3-13(2)4-7(8,9)10/h5H,3-4,11H2,1-2H3,(H,12,14). The van der Waals surface area contributed by atoms with Gasteiger partial charge in [0.25, 0.3) is 0 Å². The molecule has 4 nitrogen and oxygen atoms in total. The fourth-order valence-electron chi connectivity index (χ4n) is 1.06. The van der Waals surface area contributed by atoms with Gasteiger partial charge in [0.2, 0.25) is 5.91 Å². The van der Waals surface area contributed by atoms with Crippen LogP contribution in [0.25, 0.3) is 0 Å². The lowest BCUT2D eigenvalue weighted by Gasteiger charge is -2.21. The zero-order valence-electron chi connectivity index (χ0n) is 8.06. The number of rotatable bonds is 4. The summed E-state index contributed by atoms with van der Waals surface area (Å²) in [4.78, 5) is 11.9. The maximum atomic E-state index is 11.9. The Morgan fingerprint density at radius 2 is 2.07 bits per heavy atom. The average molecular weight is 213 g/mol. The van der Waals surface area contributed by atoms with Gasteiger partial charge in [0, 0.05) is 12.5 Å². The first-order chi connectivity index (χ1) is 6.26. The molecule has 0 heterocycles. The van der Waals surface area contributed by atoms with Gasteiger partial charge in [-0.1, -0.05) is 6.92 Å². The first-order valence-electron chi connectivity index (χ1n) is 4.02. The lowest BCUT2D eigenvalue weighted by atomic mass is 10.1. The van der Waals surface area contributed by atoms with Crippen LogP contribution >= 0.6 is 0 Å². The highest BCUT2D eigenvalue weighted by Gasteiger charge is 2.30. The number of hydrogen-bond donors (Lipinski definition) is 2. The van der Waals surface area contributed by atoms with E-state index in [0.717, 1.165) is 4.90 Å². The fraction of sp³-hybridized carbons (Fsp3) is 0.857. The van der Waals surface area contributed by atoms with E-state index in [1.165, 1.54) is 14.0 Å². The van der Waals surface area contributed by atoms with Crippen molar-refractivity contribution in [2.24, 2.45) is 11.8 Å². The summed E-state index contributed by atoms with van der Waals surface area (Å²) in [7, 11) is 1.30. The van der Waals surface area contributed by atoms with Crippen LogP contribution in [0, 0.1) is 5.92 Å². The van der Waals surface area contributed by atoms with E-state index in [2.05, 4.69) is 0 Å². The van der Waals surface area contributed by atoms with Gasteiger partial charge in [0.1, 0.15) is 0 Å². The molecule has 7 heteroatoms. The topological polar surface area (TPSA) is 58.4 Å². The van der Waals surface area contributed by atoms with Crippen molar-refractivity contribution in [3.8, 4) is 0 Å². The van der Waals surface area contributed by atoms with Crippen molar-refractivity contribution in [3.63, 3.8) is 0 Å². The van der Waals surface area contributed by atoms with E-state index in [1.54, 1.807) is 0 Å².